The second kappa shape index (κ2) is 11.6. The van der Waals surface area contributed by atoms with E-state index in [0.29, 0.717) is 69.0 Å². The summed E-state index contributed by atoms with van der Waals surface area (Å²) in [5.41, 5.74) is 20.7. The lowest BCUT2D eigenvalue weighted by molar-refractivity contribution is 0.0188. The molecule has 8 atom stereocenters. The van der Waals surface area contributed by atoms with Gasteiger partial charge in [0.05, 0.1) is 0 Å². The van der Waals surface area contributed by atoms with Crippen molar-refractivity contribution in [2.45, 2.75) is 130 Å². The average molecular weight is 891 g/mol. The molecule has 4 saturated carbocycles. The molecule has 12 aliphatic carbocycles. The molecule has 7 aromatic rings. The molecule has 8 nitrogen and oxygen atoms in total. The van der Waals surface area contributed by atoms with Crippen molar-refractivity contribution in [2.75, 3.05) is 0 Å². The summed E-state index contributed by atoms with van der Waals surface area (Å²) in [7, 11) is 0. The van der Waals surface area contributed by atoms with Gasteiger partial charge in [0.2, 0.25) is 0 Å². The minimum Gasteiger partial charge on any atom is -0.324 e. The molecular weight excluding hydrogens is 833 g/mol. The lowest BCUT2D eigenvalue weighted by Crippen LogP contribution is -2.48. The van der Waals surface area contributed by atoms with E-state index in [2.05, 4.69) is 114 Å². The summed E-state index contributed by atoms with van der Waals surface area (Å²) in [6.07, 6.45) is 9.24. The number of aromatic amines is 2. The van der Waals surface area contributed by atoms with Crippen molar-refractivity contribution in [1.29, 1.82) is 0 Å². The van der Waals surface area contributed by atoms with E-state index in [9.17, 15) is 0 Å². The van der Waals surface area contributed by atoms with Crippen molar-refractivity contribution >= 4 is 44.1 Å². The molecule has 0 amide bonds. The fourth-order valence-electron chi connectivity index (χ4n) is 17.2. The van der Waals surface area contributed by atoms with Crippen LogP contribution in [0.15, 0.2) is 48.5 Å². The van der Waals surface area contributed by atoms with Crippen LogP contribution < -0.4 is 0 Å². The highest BCUT2D eigenvalue weighted by Gasteiger charge is 2.56. The predicted octanol–water partition coefficient (Wildman–Crippen LogP) is 13.6. The minimum atomic E-state index is 0.296. The molecule has 14 aliphatic rings. The largest absolute Gasteiger partial charge is 0.324 e. The monoisotopic (exact) mass is 890 g/mol. The summed E-state index contributed by atoms with van der Waals surface area (Å²) >= 11 is 0. The molecule has 2 N–H and O–H groups in total. The second-order valence-electron chi connectivity index (χ2n) is 25.9. The van der Waals surface area contributed by atoms with Crippen LogP contribution >= 0.6 is 0 Å². The zero-order valence-corrected chi connectivity index (χ0v) is 40.6. The molecule has 4 aromatic carbocycles. The third kappa shape index (κ3) is 4.28. The van der Waals surface area contributed by atoms with E-state index < -0.39 is 0 Å². The Morgan fingerprint density at radius 3 is 1.06 bits per heavy atom. The molecule has 338 valence electrons. The molecule has 3 aromatic heterocycles. The van der Waals surface area contributed by atoms with Crippen LogP contribution in [0.1, 0.15) is 149 Å². The van der Waals surface area contributed by atoms with Gasteiger partial charge in [-0.3, -0.25) is 0 Å². The number of nitrogens with one attached hydrogen (secondary N) is 2. The van der Waals surface area contributed by atoms with Crippen LogP contribution in [0.5, 0.6) is 0 Å². The Balaban J connectivity index is 1.01. The molecule has 21 rings (SSSR count). The van der Waals surface area contributed by atoms with E-state index in [-0.39, 0.29) is 0 Å². The number of fused-ring (bicyclic) bond motifs is 20. The van der Waals surface area contributed by atoms with Crippen LogP contribution in [0.25, 0.3) is 89.7 Å². The highest BCUT2D eigenvalue weighted by Crippen LogP contribution is 2.67. The second-order valence-corrected chi connectivity index (χ2v) is 25.9. The summed E-state index contributed by atoms with van der Waals surface area (Å²) in [4.78, 5) is 41.7. The molecular formula is C60H58N8. The fraction of sp³-hybridized carbons (Fsp3) is 0.467. The van der Waals surface area contributed by atoms with Crippen molar-refractivity contribution < 1.29 is 0 Å². The lowest BCUT2D eigenvalue weighted by atomic mass is 9.47. The standard InChI is InChI=1S/C60H58N8/c1-57(2)25-17-37-29(41(57)21-25)9-13-33-45(37)53-61-49(33)66-54-47-35(15-11-31-39(47)19-27-23-43(31)59(27,5)6)51(63-54)68-56-48-36(16-12-32-40(48)20-28-24-44(32)60(28,7)8)52(64-56)67-55-46-34(50(62-55)65-53)14-10-30-38(46)18-26-22-42(30)58(26,3)4/h9-16,25-28,41-44H,17-24H2,1-8H3,(H2,61,62,63,64,65,66,67,68). The van der Waals surface area contributed by atoms with Crippen molar-refractivity contribution in [3.63, 3.8) is 0 Å². The molecule has 5 heterocycles. The number of hydrogen-bond acceptors (Lipinski definition) is 6. The first-order chi connectivity index (χ1) is 32.6. The highest BCUT2D eigenvalue weighted by molar-refractivity contribution is 6.09. The number of benzene rings is 4. The zero-order valence-electron chi connectivity index (χ0n) is 40.6. The normalized spacial score (nSPS) is 29.8. The van der Waals surface area contributed by atoms with Crippen LogP contribution in [0.3, 0.4) is 0 Å². The SMILES string of the molecule is CC1(C)C2Cc3c(ccc4c3-c3nc-4nc4[nH]c(nc5nc(nc6[nH]c(n3)c3ccc7c(c63)CC3CC7C3(C)C)-c3ccc6c(c3-5)CC3CC6C3(C)C)c3ccc5c(c43)CC3CC5C3(C)C)C1C2. The van der Waals surface area contributed by atoms with Gasteiger partial charge in [-0.25, -0.2) is 29.9 Å². The van der Waals surface area contributed by atoms with Crippen molar-refractivity contribution in [2.24, 2.45) is 45.3 Å². The van der Waals surface area contributed by atoms with E-state index in [0.717, 1.165) is 93.5 Å². The fourth-order valence-corrected chi connectivity index (χ4v) is 17.2. The number of hydrogen-bond donors (Lipinski definition) is 2. The Bertz CT molecular complexity index is 3540. The van der Waals surface area contributed by atoms with Gasteiger partial charge < -0.3 is 9.97 Å². The van der Waals surface area contributed by atoms with Crippen LogP contribution in [0, 0.1) is 45.3 Å². The van der Waals surface area contributed by atoms with Gasteiger partial charge >= 0.3 is 0 Å². The molecule has 0 radical (unpaired) electrons. The average Bonchev–Trinajstić information content (AvgIpc) is 4.08. The van der Waals surface area contributed by atoms with Gasteiger partial charge in [-0.05, 0) is 165 Å². The third-order valence-corrected chi connectivity index (χ3v) is 22.3. The van der Waals surface area contributed by atoms with Gasteiger partial charge in [-0.15, -0.1) is 0 Å². The maximum atomic E-state index is 5.69. The predicted molar refractivity (Wildman–Crippen MR) is 269 cm³/mol. The molecule has 0 saturated heterocycles. The molecule has 68 heavy (non-hydrogen) atoms. The molecule has 16 bridgehead atoms. The van der Waals surface area contributed by atoms with Gasteiger partial charge in [0.15, 0.2) is 23.3 Å². The Morgan fingerprint density at radius 2 is 0.691 bits per heavy atom. The first-order valence-electron chi connectivity index (χ1n) is 26.1. The third-order valence-electron chi connectivity index (χ3n) is 22.3. The quantitative estimate of drug-likeness (QED) is 0.157. The summed E-state index contributed by atoms with van der Waals surface area (Å²) in [5, 5.41) is 4.62. The van der Waals surface area contributed by atoms with E-state index in [4.69, 9.17) is 29.9 Å². The first-order valence-corrected chi connectivity index (χ1v) is 26.1. The Hall–Kier alpha value is -5.76. The summed E-state index contributed by atoms with van der Waals surface area (Å²) < 4.78 is 0. The molecule has 2 aliphatic heterocycles. The van der Waals surface area contributed by atoms with E-state index in [1.54, 1.807) is 0 Å². The molecule has 4 fully saturated rings. The summed E-state index contributed by atoms with van der Waals surface area (Å²) in [6.45, 7) is 19.8. The smallest absolute Gasteiger partial charge is 0.165 e. The van der Waals surface area contributed by atoms with Crippen LogP contribution in [-0.4, -0.2) is 39.9 Å². The lowest BCUT2D eigenvalue weighted by Gasteiger charge is -2.57. The van der Waals surface area contributed by atoms with Gasteiger partial charge in [-0.2, -0.15) is 0 Å². The number of H-pyrrole nitrogens is 2. The van der Waals surface area contributed by atoms with E-state index in [1.165, 1.54) is 92.1 Å². The van der Waals surface area contributed by atoms with Gasteiger partial charge in [0.1, 0.15) is 22.6 Å². The van der Waals surface area contributed by atoms with Crippen LogP contribution in [0.4, 0.5) is 0 Å². The number of aromatic nitrogens is 8. The summed E-state index contributed by atoms with van der Waals surface area (Å²) in [6, 6.07) is 19.0. The molecule has 0 spiro atoms. The summed E-state index contributed by atoms with van der Waals surface area (Å²) in [5.74, 6) is 7.76. The van der Waals surface area contributed by atoms with Crippen molar-refractivity contribution in [1.82, 2.24) is 39.9 Å². The van der Waals surface area contributed by atoms with Crippen LogP contribution in [-0.2, 0) is 25.7 Å². The zero-order chi connectivity index (χ0) is 45.4. The highest BCUT2D eigenvalue weighted by atomic mass is 15.1. The minimum absolute atomic E-state index is 0.296. The van der Waals surface area contributed by atoms with Gasteiger partial charge in [0, 0.05) is 43.8 Å². The first kappa shape index (κ1) is 38.1. The molecule has 8 heteroatoms. The van der Waals surface area contributed by atoms with E-state index >= 15 is 0 Å². The van der Waals surface area contributed by atoms with E-state index in [1.807, 2.05) is 0 Å². The Morgan fingerprint density at radius 1 is 0.368 bits per heavy atom. The number of rotatable bonds is 0. The van der Waals surface area contributed by atoms with Crippen LogP contribution in [0.2, 0.25) is 0 Å². The van der Waals surface area contributed by atoms with Gasteiger partial charge in [-0.1, -0.05) is 104 Å². The Labute approximate surface area is 396 Å². The Kier molecular flexibility index (Phi) is 6.52. The maximum absolute atomic E-state index is 5.69. The number of nitrogens with zero attached hydrogens (tertiary/aromatic N) is 6. The molecule has 8 unspecified atom stereocenters. The topological polar surface area (TPSA) is 109 Å². The maximum Gasteiger partial charge on any atom is 0.165 e. The van der Waals surface area contributed by atoms with Crippen molar-refractivity contribution in [3.05, 3.63) is 93.0 Å². The van der Waals surface area contributed by atoms with Crippen molar-refractivity contribution in [3.8, 4) is 45.6 Å². The van der Waals surface area contributed by atoms with Gasteiger partial charge in [0.25, 0.3) is 0 Å².